The monoisotopic (exact) mass is 362 g/mol. The first-order valence-corrected chi connectivity index (χ1v) is 9.73. The molecule has 2 aliphatic heterocycles. The van der Waals surface area contributed by atoms with E-state index in [4.69, 9.17) is 9.31 Å². The fourth-order valence-corrected chi connectivity index (χ4v) is 3.47. The van der Waals surface area contributed by atoms with Gasteiger partial charge in [0, 0.05) is 31.6 Å². The fourth-order valence-electron chi connectivity index (χ4n) is 3.47. The van der Waals surface area contributed by atoms with E-state index in [0.29, 0.717) is 5.46 Å². The quantitative estimate of drug-likeness (QED) is 0.751. The van der Waals surface area contributed by atoms with E-state index in [9.17, 15) is 4.39 Å². The molecule has 0 amide bonds. The molecule has 0 unspecified atom stereocenters. The third-order valence-electron chi connectivity index (χ3n) is 6.11. The van der Waals surface area contributed by atoms with Gasteiger partial charge in [0.15, 0.2) is 0 Å². The minimum atomic E-state index is -0.639. The zero-order valence-electron chi connectivity index (χ0n) is 16.8. The molecule has 0 radical (unpaired) electrons. The molecule has 0 atom stereocenters. The molecule has 0 aliphatic carbocycles. The van der Waals surface area contributed by atoms with Gasteiger partial charge in [-0.1, -0.05) is 12.1 Å². The molecule has 2 fully saturated rings. The van der Waals surface area contributed by atoms with Crippen molar-refractivity contribution in [3.05, 3.63) is 29.6 Å². The van der Waals surface area contributed by atoms with E-state index in [1.807, 2.05) is 39.8 Å². The van der Waals surface area contributed by atoms with Crippen LogP contribution in [0.15, 0.2) is 18.2 Å². The minimum Gasteiger partial charge on any atom is -0.399 e. The average Bonchev–Trinajstić information content (AvgIpc) is 2.77. The van der Waals surface area contributed by atoms with Crippen LogP contribution < -0.4 is 5.46 Å². The summed E-state index contributed by atoms with van der Waals surface area (Å²) in [5.41, 5.74) is 0.625. The molecule has 1 aromatic carbocycles. The van der Waals surface area contributed by atoms with Crippen molar-refractivity contribution in [1.82, 2.24) is 9.80 Å². The Balaban J connectivity index is 1.55. The molecule has 26 heavy (non-hydrogen) atoms. The third-order valence-corrected chi connectivity index (χ3v) is 6.11. The van der Waals surface area contributed by atoms with Crippen LogP contribution in [0.2, 0.25) is 0 Å². The summed E-state index contributed by atoms with van der Waals surface area (Å²) in [6.07, 6.45) is 1.95. The molecule has 2 saturated heterocycles. The van der Waals surface area contributed by atoms with Gasteiger partial charge in [-0.25, -0.2) is 4.39 Å². The zero-order chi connectivity index (χ0) is 18.9. The highest BCUT2D eigenvalue weighted by atomic mass is 19.1. The fraction of sp³-hybridized carbons (Fsp3) is 0.700. The molecule has 0 saturated carbocycles. The summed E-state index contributed by atoms with van der Waals surface area (Å²) < 4.78 is 26.6. The smallest absolute Gasteiger partial charge is 0.399 e. The number of nitrogens with zero attached hydrogens (tertiary/aromatic N) is 2. The van der Waals surface area contributed by atoms with E-state index < -0.39 is 18.3 Å². The lowest BCUT2D eigenvalue weighted by atomic mass is 9.78. The average molecular weight is 362 g/mol. The van der Waals surface area contributed by atoms with Crippen molar-refractivity contribution in [2.75, 3.05) is 39.8 Å². The van der Waals surface area contributed by atoms with Gasteiger partial charge in [0.25, 0.3) is 0 Å². The van der Waals surface area contributed by atoms with Crippen molar-refractivity contribution in [3.63, 3.8) is 0 Å². The van der Waals surface area contributed by atoms with E-state index >= 15 is 0 Å². The van der Waals surface area contributed by atoms with Crippen LogP contribution >= 0.6 is 0 Å². The molecule has 4 nitrogen and oxygen atoms in total. The first-order chi connectivity index (χ1) is 12.2. The van der Waals surface area contributed by atoms with Crippen molar-refractivity contribution in [3.8, 4) is 0 Å². The molecule has 6 heteroatoms. The standard InChI is InChI=1S/C20H32BFN2O2/c1-19(2)20(3,4)26-21(25-19)17-9-8-16(15-18(17)22)7-6-10-24-13-11-23(5)12-14-24/h8-9,15H,6-7,10-14H2,1-5H3. The number of halogens is 1. The molecular weight excluding hydrogens is 330 g/mol. The van der Waals surface area contributed by atoms with Crippen LogP contribution in [0.3, 0.4) is 0 Å². The third kappa shape index (κ3) is 4.30. The summed E-state index contributed by atoms with van der Waals surface area (Å²) in [6, 6.07) is 5.47. The Morgan fingerprint density at radius 1 is 1.04 bits per heavy atom. The van der Waals surface area contributed by atoms with Crippen molar-refractivity contribution >= 4 is 12.6 Å². The number of aryl methyl sites for hydroxylation is 1. The maximum absolute atomic E-state index is 14.7. The van der Waals surface area contributed by atoms with Crippen molar-refractivity contribution in [1.29, 1.82) is 0 Å². The molecule has 1 aromatic rings. The normalized spacial score (nSPS) is 23.5. The highest BCUT2D eigenvalue weighted by molar-refractivity contribution is 6.62. The minimum absolute atomic E-state index is 0.236. The van der Waals surface area contributed by atoms with Crippen LogP contribution in [-0.2, 0) is 15.7 Å². The molecule has 2 heterocycles. The van der Waals surface area contributed by atoms with Crippen molar-refractivity contribution in [2.45, 2.75) is 51.7 Å². The Hall–Kier alpha value is -0.945. The number of benzene rings is 1. The van der Waals surface area contributed by atoms with Crippen LogP contribution in [0.5, 0.6) is 0 Å². The van der Waals surface area contributed by atoms with Gasteiger partial charge in [-0.3, -0.25) is 0 Å². The summed E-state index contributed by atoms with van der Waals surface area (Å²) in [6.45, 7) is 13.5. The Bertz CT molecular complexity index is 614. The molecule has 0 bridgehead atoms. The van der Waals surface area contributed by atoms with E-state index in [1.165, 1.54) is 0 Å². The van der Waals surface area contributed by atoms with Gasteiger partial charge in [0.1, 0.15) is 5.82 Å². The van der Waals surface area contributed by atoms with E-state index in [2.05, 4.69) is 16.8 Å². The topological polar surface area (TPSA) is 24.9 Å². The van der Waals surface area contributed by atoms with Gasteiger partial charge < -0.3 is 19.1 Å². The van der Waals surface area contributed by atoms with Crippen LogP contribution in [0, 0.1) is 5.82 Å². The van der Waals surface area contributed by atoms with Gasteiger partial charge in [-0.05, 0) is 65.8 Å². The Morgan fingerprint density at radius 3 is 2.23 bits per heavy atom. The maximum atomic E-state index is 14.7. The summed E-state index contributed by atoms with van der Waals surface area (Å²) in [5, 5.41) is 0. The number of likely N-dealkylation sites (N-methyl/N-ethyl adjacent to an activating group) is 1. The summed E-state index contributed by atoms with van der Waals surface area (Å²) >= 11 is 0. The second-order valence-corrected chi connectivity index (χ2v) is 8.69. The number of hydrogen-bond acceptors (Lipinski definition) is 4. The first-order valence-electron chi connectivity index (χ1n) is 9.73. The van der Waals surface area contributed by atoms with Crippen molar-refractivity contribution < 1.29 is 13.7 Å². The lowest BCUT2D eigenvalue weighted by molar-refractivity contribution is 0.00578. The SMILES string of the molecule is CN1CCN(CCCc2ccc(B3OC(C)(C)C(C)(C)O3)c(F)c2)CC1. The van der Waals surface area contributed by atoms with Gasteiger partial charge >= 0.3 is 7.12 Å². The summed E-state index contributed by atoms with van der Waals surface area (Å²) in [4.78, 5) is 4.86. The Kier molecular flexibility index (Phi) is 5.78. The molecule has 3 rings (SSSR count). The number of hydrogen-bond donors (Lipinski definition) is 0. The maximum Gasteiger partial charge on any atom is 0.497 e. The van der Waals surface area contributed by atoms with Gasteiger partial charge in [0.05, 0.1) is 11.2 Å². The van der Waals surface area contributed by atoms with Crippen LogP contribution in [-0.4, -0.2) is 67.9 Å². The predicted octanol–water partition coefficient (Wildman–Crippen LogP) is 2.30. The molecule has 144 valence electrons. The summed E-state index contributed by atoms with van der Waals surface area (Å²) in [5.74, 6) is -0.236. The second-order valence-electron chi connectivity index (χ2n) is 8.69. The number of piperazine rings is 1. The summed E-state index contributed by atoms with van der Waals surface area (Å²) in [7, 11) is 1.53. The highest BCUT2D eigenvalue weighted by Gasteiger charge is 2.52. The largest absolute Gasteiger partial charge is 0.497 e. The molecule has 0 N–H and O–H groups in total. The predicted molar refractivity (Wildman–Crippen MR) is 104 cm³/mol. The Morgan fingerprint density at radius 2 is 1.65 bits per heavy atom. The second kappa shape index (κ2) is 7.59. The van der Waals surface area contributed by atoms with Gasteiger partial charge in [0.2, 0.25) is 0 Å². The highest BCUT2D eigenvalue weighted by Crippen LogP contribution is 2.36. The Labute approximate surface area is 157 Å². The molecule has 2 aliphatic rings. The molecular formula is C20H32BFN2O2. The van der Waals surface area contributed by atoms with E-state index in [0.717, 1.165) is 51.1 Å². The lowest BCUT2D eigenvalue weighted by Gasteiger charge is -2.32. The first kappa shape index (κ1) is 19.8. The van der Waals surface area contributed by atoms with E-state index in [-0.39, 0.29) is 5.82 Å². The van der Waals surface area contributed by atoms with Gasteiger partial charge in [-0.2, -0.15) is 0 Å². The van der Waals surface area contributed by atoms with Crippen molar-refractivity contribution in [2.24, 2.45) is 0 Å². The van der Waals surface area contributed by atoms with E-state index in [1.54, 1.807) is 6.07 Å². The van der Waals surface area contributed by atoms with Crippen LogP contribution in [0.25, 0.3) is 0 Å². The molecule has 0 spiro atoms. The van der Waals surface area contributed by atoms with Crippen LogP contribution in [0.1, 0.15) is 39.7 Å². The number of rotatable bonds is 5. The van der Waals surface area contributed by atoms with Gasteiger partial charge in [-0.15, -0.1) is 0 Å². The van der Waals surface area contributed by atoms with Crippen LogP contribution in [0.4, 0.5) is 4.39 Å². The lowest BCUT2D eigenvalue weighted by Crippen LogP contribution is -2.44. The zero-order valence-corrected chi connectivity index (χ0v) is 16.8. The molecule has 0 aromatic heterocycles.